The van der Waals surface area contributed by atoms with Gasteiger partial charge in [-0.1, -0.05) is 0 Å². The van der Waals surface area contributed by atoms with E-state index in [0.717, 1.165) is 42.8 Å². The predicted octanol–water partition coefficient (Wildman–Crippen LogP) is 2.34. The number of hydrazone groups is 1. The van der Waals surface area contributed by atoms with Crippen molar-refractivity contribution in [2.75, 3.05) is 54.6 Å². The van der Waals surface area contributed by atoms with E-state index < -0.39 is 0 Å². The average molecular weight is 483 g/mol. The molecule has 9 nitrogen and oxygen atoms in total. The largest absolute Gasteiger partial charge is 0.449 e. The molecule has 0 saturated carbocycles. The van der Waals surface area contributed by atoms with Crippen molar-refractivity contribution in [3.8, 4) is 0 Å². The van der Waals surface area contributed by atoms with Gasteiger partial charge in [-0.2, -0.15) is 20.1 Å². The third-order valence-electron chi connectivity index (χ3n) is 4.49. The van der Waals surface area contributed by atoms with Crippen molar-refractivity contribution in [1.29, 1.82) is 0 Å². The molecule has 2 saturated heterocycles. The summed E-state index contributed by atoms with van der Waals surface area (Å²) in [5.74, 6) is 2.48. The maximum absolute atomic E-state index is 5.47. The summed E-state index contributed by atoms with van der Waals surface area (Å²) >= 11 is 2.12. The number of ether oxygens (including phenoxy) is 1. The minimum Gasteiger partial charge on any atom is -0.449 e. The van der Waals surface area contributed by atoms with Crippen molar-refractivity contribution >= 4 is 46.7 Å². The lowest BCUT2D eigenvalue weighted by Gasteiger charge is -2.30. The third-order valence-corrected chi connectivity index (χ3v) is 5.07. The van der Waals surface area contributed by atoms with Crippen molar-refractivity contribution in [2.45, 2.75) is 19.3 Å². The lowest BCUT2D eigenvalue weighted by atomic mass is 10.1. The molecule has 2 aliphatic heterocycles. The van der Waals surface area contributed by atoms with Crippen LogP contribution in [0.1, 0.15) is 25.0 Å². The molecule has 2 aliphatic rings. The van der Waals surface area contributed by atoms with E-state index in [-0.39, 0.29) is 0 Å². The number of hydrogen-bond donors (Lipinski definition) is 1. The monoisotopic (exact) mass is 483 g/mol. The highest BCUT2D eigenvalue weighted by molar-refractivity contribution is 14.1. The Morgan fingerprint density at radius 2 is 1.67 bits per heavy atom. The second kappa shape index (κ2) is 8.83. The van der Waals surface area contributed by atoms with Crippen LogP contribution < -0.4 is 15.2 Å². The number of piperidine rings is 1. The van der Waals surface area contributed by atoms with Gasteiger partial charge in [-0.25, -0.2) is 5.43 Å². The maximum atomic E-state index is 5.47. The molecule has 10 heteroatoms. The topological polar surface area (TPSA) is 91.9 Å². The lowest BCUT2D eigenvalue weighted by Crippen LogP contribution is -2.38. The normalized spacial score (nSPS) is 18.3. The number of aromatic nitrogens is 3. The van der Waals surface area contributed by atoms with Gasteiger partial charge < -0.3 is 19.0 Å². The Morgan fingerprint density at radius 1 is 0.963 bits per heavy atom. The molecule has 27 heavy (non-hydrogen) atoms. The van der Waals surface area contributed by atoms with E-state index >= 15 is 0 Å². The quantitative estimate of drug-likeness (QED) is 0.394. The lowest BCUT2D eigenvalue weighted by molar-refractivity contribution is 0.122. The van der Waals surface area contributed by atoms with Gasteiger partial charge in [0.2, 0.25) is 17.8 Å². The van der Waals surface area contributed by atoms with Crippen molar-refractivity contribution in [1.82, 2.24) is 15.0 Å². The van der Waals surface area contributed by atoms with Crippen molar-refractivity contribution < 1.29 is 9.15 Å². The van der Waals surface area contributed by atoms with Gasteiger partial charge in [-0.15, -0.1) is 0 Å². The predicted molar refractivity (Wildman–Crippen MR) is 112 cm³/mol. The number of furan rings is 1. The van der Waals surface area contributed by atoms with E-state index in [9.17, 15) is 0 Å². The number of nitrogens with one attached hydrogen (secondary N) is 1. The number of anilines is 3. The van der Waals surface area contributed by atoms with E-state index in [2.05, 4.69) is 52.9 Å². The van der Waals surface area contributed by atoms with Crippen LogP contribution >= 0.6 is 22.6 Å². The van der Waals surface area contributed by atoms with Gasteiger partial charge in [-0.3, -0.25) is 0 Å². The van der Waals surface area contributed by atoms with Crippen LogP contribution in [-0.4, -0.2) is 60.6 Å². The molecule has 0 radical (unpaired) electrons. The van der Waals surface area contributed by atoms with Crippen LogP contribution in [0.25, 0.3) is 0 Å². The van der Waals surface area contributed by atoms with Gasteiger partial charge in [-0.05, 0) is 54.0 Å². The number of nitrogens with zero attached hydrogens (tertiary/aromatic N) is 6. The summed E-state index contributed by atoms with van der Waals surface area (Å²) in [6.07, 6.45) is 5.20. The zero-order valence-corrected chi connectivity index (χ0v) is 17.1. The maximum Gasteiger partial charge on any atom is 0.250 e. The molecule has 0 unspecified atom stereocenters. The van der Waals surface area contributed by atoms with Gasteiger partial charge in [0.1, 0.15) is 5.76 Å². The number of rotatable bonds is 5. The van der Waals surface area contributed by atoms with E-state index in [1.54, 1.807) is 6.21 Å². The first-order valence-electron chi connectivity index (χ1n) is 9.16. The molecule has 0 bridgehead atoms. The highest BCUT2D eigenvalue weighted by Gasteiger charge is 2.20. The van der Waals surface area contributed by atoms with Gasteiger partial charge in [0.05, 0.1) is 19.4 Å². The summed E-state index contributed by atoms with van der Waals surface area (Å²) in [6, 6.07) is 3.74. The molecule has 4 heterocycles. The molecule has 0 amide bonds. The molecular formula is C17H22IN7O2. The first-order valence-corrected chi connectivity index (χ1v) is 10.2. The summed E-state index contributed by atoms with van der Waals surface area (Å²) in [5, 5.41) is 4.21. The van der Waals surface area contributed by atoms with E-state index in [1.807, 2.05) is 12.1 Å². The highest BCUT2D eigenvalue weighted by Crippen LogP contribution is 2.21. The fourth-order valence-electron chi connectivity index (χ4n) is 3.10. The fraction of sp³-hybridized carbons (Fsp3) is 0.529. The molecular weight excluding hydrogens is 461 g/mol. The number of halogens is 1. The highest BCUT2D eigenvalue weighted by atomic mass is 127. The zero-order valence-electron chi connectivity index (χ0n) is 15.0. The van der Waals surface area contributed by atoms with Crippen LogP contribution in [-0.2, 0) is 4.74 Å². The second-order valence-electron chi connectivity index (χ2n) is 6.42. The Hall–Kier alpha value is -1.95. The molecule has 0 atom stereocenters. The third kappa shape index (κ3) is 4.86. The average Bonchev–Trinajstić information content (AvgIpc) is 3.14. The zero-order chi connectivity index (χ0) is 18.5. The number of morpholine rings is 1. The summed E-state index contributed by atoms with van der Waals surface area (Å²) in [6.45, 7) is 4.86. The summed E-state index contributed by atoms with van der Waals surface area (Å²) in [7, 11) is 0. The molecule has 0 aliphatic carbocycles. The summed E-state index contributed by atoms with van der Waals surface area (Å²) in [5.41, 5.74) is 2.92. The Bertz CT molecular complexity index is 749. The second-order valence-corrected chi connectivity index (χ2v) is 7.48. The van der Waals surface area contributed by atoms with Crippen molar-refractivity contribution in [2.24, 2.45) is 5.10 Å². The molecule has 1 N–H and O–H groups in total. The Balaban J connectivity index is 1.55. The van der Waals surface area contributed by atoms with Gasteiger partial charge in [0.25, 0.3) is 0 Å². The molecule has 4 rings (SSSR count). The van der Waals surface area contributed by atoms with Gasteiger partial charge >= 0.3 is 0 Å². The van der Waals surface area contributed by atoms with Gasteiger partial charge in [0.15, 0.2) is 3.77 Å². The van der Waals surface area contributed by atoms with Crippen molar-refractivity contribution in [3.05, 3.63) is 21.7 Å². The van der Waals surface area contributed by atoms with Crippen LogP contribution in [0.15, 0.2) is 21.7 Å². The van der Waals surface area contributed by atoms with Crippen LogP contribution in [0.3, 0.4) is 0 Å². The van der Waals surface area contributed by atoms with E-state index in [4.69, 9.17) is 14.1 Å². The van der Waals surface area contributed by atoms with Crippen LogP contribution in [0.5, 0.6) is 0 Å². The first-order chi connectivity index (χ1) is 13.3. The Morgan fingerprint density at radius 3 is 2.33 bits per heavy atom. The van der Waals surface area contributed by atoms with Crippen LogP contribution in [0, 0.1) is 3.77 Å². The standard InChI is InChI=1S/C17H22IN7O2/c18-14-5-4-13(27-14)12-19-23-15-20-16(24-6-2-1-3-7-24)22-17(21-15)25-8-10-26-11-9-25/h4-5,12H,1-3,6-11H2,(H,20,21,22,23)/b19-12-. The summed E-state index contributed by atoms with van der Waals surface area (Å²) in [4.78, 5) is 18.2. The molecule has 0 aromatic carbocycles. The minimum absolute atomic E-state index is 0.435. The molecule has 2 fully saturated rings. The van der Waals surface area contributed by atoms with Gasteiger partial charge in [0, 0.05) is 26.2 Å². The smallest absolute Gasteiger partial charge is 0.250 e. The van der Waals surface area contributed by atoms with Crippen LogP contribution in [0.4, 0.5) is 17.8 Å². The fourth-order valence-corrected chi connectivity index (χ4v) is 3.53. The molecule has 0 spiro atoms. The van der Waals surface area contributed by atoms with E-state index in [1.165, 1.54) is 6.42 Å². The Labute approximate surface area is 171 Å². The van der Waals surface area contributed by atoms with E-state index in [0.29, 0.717) is 36.8 Å². The SMILES string of the molecule is Ic1ccc(/C=N\Nc2nc(N3CCCCC3)nc(N3CCOCC3)n2)o1. The van der Waals surface area contributed by atoms with Crippen molar-refractivity contribution in [3.63, 3.8) is 0 Å². The molecule has 2 aromatic rings. The first kappa shape index (κ1) is 18.4. The minimum atomic E-state index is 0.435. The summed E-state index contributed by atoms with van der Waals surface area (Å²) < 4.78 is 11.7. The Kier molecular flexibility index (Phi) is 6.02. The molecule has 2 aromatic heterocycles. The van der Waals surface area contributed by atoms with Crippen LogP contribution in [0.2, 0.25) is 0 Å². The molecule has 144 valence electrons. The number of hydrogen-bond acceptors (Lipinski definition) is 9.